The van der Waals surface area contributed by atoms with E-state index in [4.69, 9.17) is 0 Å². The number of nitrogens with one attached hydrogen (secondary N) is 2. The number of nitrogens with zero attached hydrogens (tertiary/aromatic N) is 2. The van der Waals surface area contributed by atoms with Crippen molar-refractivity contribution in [2.45, 2.75) is 31.9 Å². The molecule has 2 heterocycles. The van der Waals surface area contributed by atoms with Crippen LogP contribution in [0.5, 0.6) is 0 Å². The van der Waals surface area contributed by atoms with Crippen LogP contribution in [0.25, 0.3) is 22.3 Å². The van der Waals surface area contributed by atoms with Crippen LogP contribution in [0.2, 0.25) is 0 Å². The van der Waals surface area contributed by atoms with Gasteiger partial charge in [0.1, 0.15) is 17.8 Å². The summed E-state index contributed by atoms with van der Waals surface area (Å²) in [6.45, 7) is 2.09. The fourth-order valence-corrected chi connectivity index (χ4v) is 3.37. The fraction of sp³-hybridized carbons (Fsp3) is 0.333. The maximum atomic E-state index is 9.93. The SMILES string of the molecule is C[C@H]1C[C@@H](Nc2ncnc3[nH]c(-c4ccccc4)cc23)C[C@@H]1O. The van der Waals surface area contributed by atoms with Crippen molar-refractivity contribution in [1.82, 2.24) is 15.0 Å². The average Bonchev–Trinajstić information content (AvgIpc) is 3.13. The molecule has 1 aromatic carbocycles. The van der Waals surface area contributed by atoms with Crippen molar-refractivity contribution in [3.63, 3.8) is 0 Å². The fourth-order valence-electron chi connectivity index (χ4n) is 3.37. The lowest BCUT2D eigenvalue weighted by Gasteiger charge is -2.13. The molecule has 118 valence electrons. The molecule has 0 unspecified atom stereocenters. The second-order valence-electron chi connectivity index (χ2n) is 6.39. The molecule has 23 heavy (non-hydrogen) atoms. The number of anilines is 1. The third-order valence-electron chi connectivity index (χ3n) is 4.69. The minimum Gasteiger partial charge on any atom is -0.393 e. The van der Waals surface area contributed by atoms with E-state index in [0.717, 1.165) is 41.0 Å². The number of hydrogen-bond donors (Lipinski definition) is 3. The molecule has 5 nitrogen and oxygen atoms in total. The van der Waals surface area contributed by atoms with E-state index in [1.165, 1.54) is 0 Å². The maximum Gasteiger partial charge on any atom is 0.143 e. The molecule has 1 fully saturated rings. The summed E-state index contributed by atoms with van der Waals surface area (Å²) < 4.78 is 0. The van der Waals surface area contributed by atoms with Crippen molar-refractivity contribution < 1.29 is 5.11 Å². The Morgan fingerprint density at radius 2 is 2.00 bits per heavy atom. The van der Waals surface area contributed by atoms with Gasteiger partial charge in [-0.15, -0.1) is 0 Å². The Kier molecular flexibility index (Phi) is 3.50. The first kappa shape index (κ1) is 14.2. The number of aliphatic hydroxyl groups is 1. The minimum absolute atomic E-state index is 0.226. The van der Waals surface area contributed by atoms with E-state index in [1.54, 1.807) is 6.33 Å². The molecule has 0 bridgehead atoms. The average molecular weight is 308 g/mol. The highest BCUT2D eigenvalue weighted by molar-refractivity contribution is 5.91. The molecule has 5 heteroatoms. The van der Waals surface area contributed by atoms with Crippen LogP contribution in [-0.4, -0.2) is 32.2 Å². The molecule has 1 aliphatic rings. The van der Waals surface area contributed by atoms with Gasteiger partial charge >= 0.3 is 0 Å². The minimum atomic E-state index is -0.226. The molecule has 1 aliphatic carbocycles. The van der Waals surface area contributed by atoms with Gasteiger partial charge in [-0.1, -0.05) is 37.3 Å². The zero-order chi connectivity index (χ0) is 15.8. The molecule has 3 N–H and O–H groups in total. The Bertz CT molecular complexity index is 804. The van der Waals surface area contributed by atoms with Gasteiger partial charge in [-0.2, -0.15) is 0 Å². The van der Waals surface area contributed by atoms with Gasteiger partial charge in [0.15, 0.2) is 0 Å². The predicted molar refractivity (Wildman–Crippen MR) is 91.1 cm³/mol. The van der Waals surface area contributed by atoms with Gasteiger partial charge in [-0.05, 0) is 30.4 Å². The van der Waals surface area contributed by atoms with Crippen LogP contribution in [0, 0.1) is 5.92 Å². The van der Waals surface area contributed by atoms with E-state index in [-0.39, 0.29) is 12.1 Å². The summed E-state index contributed by atoms with van der Waals surface area (Å²) in [5.74, 6) is 1.16. The molecule has 1 saturated carbocycles. The summed E-state index contributed by atoms with van der Waals surface area (Å²) >= 11 is 0. The highest BCUT2D eigenvalue weighted by Gasteiger charge is 2.30. The van der Waals surface area contributed by atoms with Crippen molar-refractivity contribution in [1.29, 1.82) is 0 Å². The van der Waals surface area contributed by atoms with Gasteiger partial charge in [0.2, 0.25) is 0 Å². The first-order chi connectivity index (χ1) is 11.2. The number of benzene rings is 1. The van der Waals surface area contributed by atoms with Crippen LogP contribution in [-0.2, 0) is 0 Å². The summed E-state index contributed by atoms with van der Waals surface area (Å²) in [7, 11) is 0. The van der Waals surface area contributed by atoms with E-state index < -0.39 is 0 Å². The predicted octanol–water partition coefficient (Wildman–Crippen LogP) is 3.20. The van der Waals surface area contributed by atoms with Crippen molar-refractivity contribution in [2.75, 3.05) is 5.32 Å². The van der Waals surface area contributed by atoms with E-state index >= 15 is 0 Å². The van der Waals surface area contributed by atoms with E-state index in [2.05, 4.69) is 45.4 Å². The van der Waals surface area contributed by atoms with Crippen molar-refractivity contribution in [3.05, 3.63) is 42.7 Å². The summed E-state index contributed by atoms with van der Waals surface area (Å²) in [4.78, 5) is 12.1. The first-order valence-corrected chi connectivity index (χ1v) is 8.04. The number of hydrogen-bond acceptors (Lipinski definition) is 4. The van der Waals surface area contributed by atoms with E-state index in [0.29, 0.717) is 5.92 Å². The summed E-state index contributed by atoms with van der Waals surface area (Å²) in [6, 6.07) is 12.5. The summed E-state index contributed by atoms with van der Waals surface area (Å²) in [5.41, 5.74) is 2.98. The quantitative estimate of drug-likeness (QED) is 0.694. The molecular weight excluding hydrogens is 288 g/mol. The van der Waals surface area contributed by atoms with Gasteiger partial charge in [0.25, 0.3) is 0 Å². The molecule has 0 radical (unpaired) electrons. The van der Waals surface area contributed by atoms with Gasteiger partial charge < -0.3 is 15.4 Å². The van der Waals surface area contributed by atoms with Crippen molar-refractivity contribution in [2.24, 2.45) is 5.92 Å². The molecule has 3 aromatic rings. The number of H-pyrrole nitrogens is 1. The largest absolute Gasteiger partial charge is 0.393 e. The van der Waals surface area contributed by atoms with Crippen LogP contribution in [0.3, 0.4) is 0 Å². The molecule has 0 amide bonds. The Labute approximate surface area is 134 Å². The second-order valence-corrected chi connectivity index (χ2v) is 6.39. The van der Waals surface area contributed by atoms with Crippen LogP contribution in [0.15, 0.2) is 42.7 Å². The summed E-state index contributed by atoms with van der Waals surface area (Å²) in [6.07, 6.45) is 3.08. The van der Waals surface area contributed by atoms with Crippen LogP contribution >= 0.6 is 0 Å². The van der Waals surface area contributed by atoms with Gasteiger partial charge in [-0.3, -0.25) is 0 Å². The smallest absolute Gasteiger partial charge is 0.143 e. The van der Waals surface area contributed by atoms with Crippen molar-refractivity contribution >= 4 is 16.9 Å². The van der Waals surface area contributed by atoms with Crippen LogP contribution in [0.4, 0.5) is 5.82 Å². The Hall–Kier alpha value is -2.40. The number of rotatable bonds is 3. The molecular formula is C18H20N4O. The molecule has 0 saturated heterocycles. The second kappa shape index (κ2) is 5.66. The number of aliphatic hydroxyl groups excluding tert-OH is 1. The van der Waals surface area contributed by atoms with E-state index in [9.17, 15) is 5.11 Å². The molecule has 0 aliphatic heterocycles. The maximum absolute atomic E-state index is 9.93. The highest BCUT2D eigenvalue weighted by atomic mass is 16.3. The molecule has 2 aromatic heterocycles. The standard InChI is InChI=1S/C18H20N4O/c1-11-7-13(8-16(11)23)21-17-14-9-15(12-5-3-2-4-6-12)22-18(14)20-10-19-17/h2-6,9-11,13,16,23H,7-8H2,1H3,(H2,19,20,21,22)/t11-,13+,16-/m0/s1. The number of fused-ring (bicyclic) bond motifs is 1. The zero-order valence-electron chi connectivity index (χ0n) is 13.0. The van der Waals surface area contributed by atoms with Gasteiger partial charge in [0.05, 0.1) is 11.5 Å². The van der Waals surface area contributed by atoms with E-state index in [1.807, 2.05) is 18.2 Å². The monoisotopic (exact) mass is 308 g/mol. The Morgan fingerprint density at radius 3 is 2.74 bits per heavy atom. The number of aromatic nitrogens is 3. The summed E-state index contributed by atoms with van der Waals surface area (Å²) in [5, 5.41) is 14.4. The van der Waals surface area contributed by atoms with Crippen LogP contribution < -0.4 is 5.32 Å². The third-order valence-corrected chi connectivity index (χ3v) is 4.69. The highest BCUT2D eigenvalue weighted by Crippen LogP contribution is 2.31. The zero-order valence-corrected chi connectivity index (χ0v) is 13.0. The lowest BCUT2D eigenvalue weighted by atomic mass is 10.1. The Morgan fingerprint density at radius 1 is 1.17 bits per heavy atom. The first-order valence-electron chi connectivity index (χ1n) is 8.04. The van der Waals surface area contributed by atoms with Crippen molar-refractivity contribution in [3.8, 4) is 11.3 Å². The molecule has 3 atom stereocenters. The van der Waals surface area contributed by atoms with Gasteiger partial charge in [-0.25, -0.2) is 9.97 Å². The number of aromatic amines is 1. The molecule has 0 spiro atoms. The third kappa shape index (κ3) is 2.68. The molecule has 4 rings (SSSR count). The normalized spacial score (nSPS) is 24.2. The Balaban J connectivity index is 1.67. The lowest BCUT2D eigenvalue weighted by molar-refractivity contribution is 0.141. The van der Waals surface area contributed by atoms with Crippen LogP contribution in [0.1, 0.15) is 19.8 Å². The topological polar surface area (TPSA) is 73.8 Å². The lowest BCUT2D eigenvalue weighted by Crippen LogP contribution is -2.17. The van der Waals surface area contributed by atoms with Gasteiger partial charge in [0, 0.05) is 11.7 Å².